The number of rotatable bonds is 6. The number of benzene rings is 1. The number of carbonyl (C=O) groups is 1. The van der Waals surface area contributed by atoms with E-state index in [1.807, 2.05) is 30.3 Å². The third-order valence-corrected chi connectivity index (χ3v) is 4.39. The molecule has 2 aromatic heterocycles. The molecule has 0 aliphatic heterocycles. The van der Waals surface area contributed by atoms with Gasteiger partial charge in [0, 0.05) is 17.3 Å². The molecular weight excluding hydrogens is 354 g/mol. The van der Waals surface area contributed by atoms with E-state index in [4.69, 9.17) is 4.42 Å². The number of H-pyrrole nitrogens is 1. The monoisotopic (exact) mass is 371 g/mol. The molecule has 2 heterocycles. The molecule has 3 rings (SSSR count). The molecule has 0 bridgehead atoms. The Morgan fingerprint density at radius 1 is 1.31 bits per heavy atom. The molecule has 26 heavy (non-hydrogen) atoms. The summed E-state index contributed by atoms with van der Waals surface area (Å²) in [6.45, 7) is 3.58. The molecule has 0 radical (unpaired) electrons. The maximum Gasteiger partial charge on any atom is 0.251 e. The van der Waals surface area contributed by atoms with E-state index in [-0.39, 0.29) is 18.0 Å². The number of aromatic nitrogens is 4. The van der Waals surface area contributed by atoms with E-state index in [0.29, 0.717) is 22.6 Å². The first kappa shape index (κ1) is 17.9. The lowest BCUT2D eigenvalue weighted by atomic mass is 10.2. The molecule has 1 unspecified atom stereocenters. The predicted octanol–water partition coefficient (Wildman–Crippen LogP) is 1.93. The average molecular weight is 371 g/mol. The normalized spacial score (nSPS) is 11.9. The summed E-state index contributed by atoms with van der Waals surface area (Å²) in [5.41, 5.74) is 1.17. The highest BCUT2D eigenvalue weighted by atomic mass is 32.2. The second-order valence-corrected chi connectivity index (χ2v) is 6.87. The SMILES string of the molecule is Cc1cc(=O)[nH]c(SC(C)C(=O)NCc2nnc(-c3ccccc3)o2)n1. The molecule has 0 saturated heterocycles. The fourth-order valence-corrected chi connectivity index (χ4v) is 3.04. The highest BCUT2D eigenvalue weighted by Gasteiger charge is 2.17. The van der Waals surface area contributed by atoms with Gasteiger partial charge in [0.2, 0.25) is 17.7 Å². The first-order valence-corrected chi connectivity index (χ1v) is 8.79. The van der Waals surface area contributed by atoms with Crippen LogP contribution < -0.4 is 10.9 Å². The number of thioether (sulfide) groups is 1. The minimum atomic E-state index is -0.448. The lowest BCUT2D eigenvalue weighted by Gasteiger charge is -2.10. The summed E-state index contributed by atoms with van der Waals surface area (Å²) in [5.74, 6) is 0.494. The first-order valence-electron chi connectivity index (χ1n) is 7.91. The van der Waals surface area contributed by atoms with Crippen LogP contribution in [0.5, 0.6) is 0 Å². The number of hydrogen-bond donors (Lipinski definition) is 2. The van der Waals surface area contributed by atoms with Crippen LogP contribution in [0.4, 0.5) is 0 Å². The van der Waals surface area contributed by atoms with Crippen LogP contribution in [-0.4, -0.2) is 31.3 Å². The van der Waals surface area contributed by atoms with Gasteiger partial charge in [-0.25, -0.2) is 4.98 Å². The number of aryl methyl sites for hydroxylation is 1. The fraction of sp³-hybridized carbons (Fsp3) is 0.235. The molecule has 134 valence electrons. The van der Waals surface area contributed by atoms with E-state index in [2.05, 4.69) is 25.5 Å². The Morgan fingerprint density at radius 2 is 2.08 bits per heavy atom. The first-order chi connectivity index (χ1) is 12.5. The summed E-state index contributed by atoms with van der Waals surface area (Å²) in [6.07, 6.45) is 0. The minimum absolute atomic E-state index is 0.126. The second kappa shape index (κ2) is 7.96. The van der Waals surface area contributed by atoms with Gasteiger partial charge in [0.1, 0.15) is 0 Å². The maximum absolute atomic E-state index is 12.2. The van der Waals surface area contributed by atoms with E-state index in [1.165, 1.54) is 17.8 Å². The van der Waals surface area contributed by atoms with Crippen molar-refractivity contribution in [2.45, 2.75) is 30.8 Å². The predicted molar refractivity (Wildman–Crippen MR) is 96.5 cm³/mol. The second-order valence-electron chi connectivity index (χ2n) is 5.54. The van der Waals surface area contributed by atoms with Crippen molar-refractivity contribution < 1.29 is 9.21 Å². The van der Waals surface area contributed by atoms with Gasteiger partial charge in [-0.1, -0.05) is 30.0 Å². The third kappa shape index (κ3) is 4.57. The van der Waals surface area contributed by atoms with Crippen LogP contribution in [0.2, 0.25) is 0 Å². The van der Waals surface area contributed by atoms with Gasteiger partial charge < -0.3 is 14.7 Å². The highest BCUT2D eigenvalue weighted by molar-refractivity contribution is 8.00. The molecule has 0 aliphatic rings. The van der Waals surface area contributed by atoms with Crippen LogP contribution in [0.1, 0.15) is 18.5 Å². The Kier molecular flexibility index (Phi) is 5.47. The zero-order valence-electron chi connectivity index (χ0n) is 14.2. The quantitative estimate of drug-likeness (QED) is 0.503. The number of amides is 1. The van der Waals surface area contributed by atoms with Crippen molar-refractivity contribution in [3.05, 3.63) is 58.3 Å². The Balaban J connectivity index is 1.56. The van der Waals surface area contributed by atoms with E-state index in [1.54, 1.807) is 13.8 Å². The fourth-order valence-electron chi connectivity index (χ4n) is 2.16. The summed E-state index contributed by atoms with van der Waals surface area (Å²) in [4.78, 5) is 30.5. The number of carbonyl (C=O) groups excluding carboxylic acids is 1. The molecule has 0 saturated carbocycles. The van der Waals surface area contributed by atoms with Gasteiger partial charge in [-0.05, 0) is 26.0 Å². The number of nitrogens with zero attached hydrogens (tertiary/aromatic N) is 3. The Morgan fingerprint density at radius 3 is 2.81 bits per heavy atom. The number of nitrogens with one attached hydrogen (secondary N) is 2. The number of aromatic amines is 1. The molecule has 0 fully saturated rings. The van der Waals surface area contributed by atoms with Crippen LogP contribution in [0.15, 0.2) is 50.8 Å². The van der Waals surface area contributed by atoms with E-state index < -0.39 is 5.25 Å². The average Bonchev–Trinajstić information content (AvgIpc) is 3.08. The van der Waals surface area contributed by atoms with Gasteiger partial charge in [-0.3, -0.25) is 9.59 Å². The topological polar surface area (TPSA) is 114 Å². The maximum atomic E-state index is 12.2. The Hall–Kier alpha value is -2.94. The molecular formula is C17H17N5O3S. The molecule has 9 heteroatoms. The minimum Gasteiger partial charge on any atom is -0.419 e. The van der Waals surface area contributed by atoms with Crippen LogP contribution in [-0.2, 0) is 11.3 Å². The van der Waals surface area contributed by atoms with E-state index >= 15 is 0 Å². The van der Waals surface area contributed by atoms with Crippen LogP contribution in [0.3, 0.4) is 0 Å². The van der Waals surface area contributed by atoms with Gasteiger partial charge in [0.15, 0.2) is 5.16 Å². The molecule has 1 amide bonds. The van der Waals surface area contributed by atoms with Gasteiger partial charge in [0.05, 0.1) is 11.8 Å². The van der Waals surface area contributed by atoms with Crippen molar-refractivity contribution in [3.8, 4) is 11.5 Å². The van der Waals surface area contributed by atoms with Crippen molar-refractivity contribution in [2.75, 3.05) is 0 Å². The van der Waals surface area contributed by atoms with Gasteiger partial charge in [0.25, 0.3) is 5.56 Å². The van der Waals surface area contributed by atoms with Crippen molar-refractivity contribution in [1.82, 2.24) is 25.5 Å². The molecule has 3 aromatic rings. The summed E-state index contributed by atoms with van der Waals surface area (Å²) in [6, 6.07) is 10.8. The van der Waals surface area contributed by atoms with Crippen LogP contribution in [0.25, 0.3) is 11.5 Å². The van der Waals surface area contributed by atoms with Crippen molar-refractivity contribution in [1.29, 1.82) is 0 Å². The van der Waals surface area contributed by atoms with E-state index in [0.717, 1.165) is 5.56 Å². The largest absolute Gasteiger partial charge is 0.419 e. The lowest BCUT2D eigenvalue weighted by molar-refractivity contribution is -0.120. The smallest absolute Gasteiger partial charge is 0.251 e. The lowest BCUT2D eigenvalue weighted by Crippen LogP contribution is -2.30. The van der Waals surface area contributed by atoms with Crippen LogP contribution in [0, 0.1) is 6.92 Å². The summed E-state index contributed by atoms with van der Waals surface area (Å²) in [5, 5.41) is 10.6. The summed E-state index contributed by atoms with van der Waals surface area (Å²) >= 11 is 1.17. The standard InChI is InChI=1S/C17H17N5O3S/c1-10-8-13(23)20-17(19-10)26-11(2)15(24)18-9-14-21-22-16(25-14)12-6-4-3-5-7-12/h3-8,11H,9H2,1-2H3,(H,18,24)(H,19,20,23). The molecule has 1 atom stereocenters. The van der Waals surface area contributed by atoms with Crippen molar-refractivity contribution in [3.63, 3.8) is 0 Å². The van der Waals surface area contributed by atoms with E-state index in [9.17, 15) is 9.59 Å². The van der Waals surface area contributed by atoms with Crippen molar-refractivity contribution >= 4 is 17.7 Å². The Labute approximate surface area is 153 Å². The molecule has 1 aromatic carbocycles. The van der Waals surface area contributed by atoms with Gasteiger partial charge in [-0.2, -0.15) is 0 Å². The van der Waals surface area contributed by atoms with Gasteiger partial charge in [-0.15, -0.1) is 10.2 Å². The molecule has 2 N–H and O–H groups in total. The zero-order valence-corrected chi connectivity index (χ0v) is 15.0. The highest BCUT2D eigenvalue weighted by Crippen LogP contribution is 2.19. The van der Waals surface area contributed by atoms with Crippen LogP contribution >= 0.6 is 11.8 Å². The molecule has 0 aliphatic carbocycles. The Bertz CT molecular complexity index is 954. The molecule has 8 nitrogen and oxygen atoms in total. The number of hydrogen-bond acceptors (Lipinski definition) is 7. The third-order valence-electron chi connectivity index (χ3n) is 3.41. The molecule has 0 spiro atoms. The van der Waals surface area contributed by atoms with Crippen molar-refractivity contribution in [2.24, 2.45) is 0 Å². The zero-order chi connectivity index (χ0) is 18.5. The summed E-state index contributed by atoms with van der Waals surface area (Å²) in [7, 11) is 0. The van der Waals surface area contributed by atoms with Gasteiger partial charge >= 0.3 is 0 Å². The summed E-state index contributed by atoms with van der Waals surface area (Å²) < 4.78 is 5.55.